The van der Waals surface area contributed by atoms with Crippen LogP contribution in [0, 0.1) is 25.2 Å². The van der Waals surface area contributed by atoms with Crippen LogP contribution in [0.5, 0.6) is 5.75 Å². The van der Waals surface area contributed by atoms with Gasteiger partial charge in [0.05, 0.1) is 29.0 Å². The number of nitrogens with one attached hydrogen (secondary N) is 1. The molecule has 8 nitrogen and oxygen atoms in total. The molecule has 0 spiro atoms. The van der Waals surface area contributed by atoms with E-state index in [1.165, 1.54) is 0 Å². The fourth-order valence-electron chi connectivity index (χ4n) is 4.97. The molecule has 3 aromatic carbocycles. The first-order chi connectivity index (χ1) is 19.3. The third-order valence-corrected chi connectivity index (χ3v) is 8.61. The zero-order chi connectivity index (χ0) is 28.3. The second kappa shape index (κ2) is 11.3. The molecular formula is C31H31N5O3S. The molecule has 1 aliphatic rings. The molecule has 2 heterocycles. The third kappa shape index (κ3) is 5.44. The summed E-state index contributed by atoms with van der Waals surface area (Å²) in [5.41, 5.74) is 4.85. The number of sulfonamides is 1. The van der Waals surface area contributed by atoms with Crippen LogP contribution in [0.2, 0.25) is 0 Å². The molecule has 0 bridgehead atoms. The van der Waals surface area contributed by atoms with E-state index in [0.29, 0.717) is 41.4 Å². The maximum Gasteiger partial charge on any atom is 0.261 e. The van der Waals surface area contributed by atoms with Crippen LogP contribution in [0.25, 0.3) is 11.1 Å². The molecule has 0 radical (unpaired) electrons. The van der Waals surface area contributed by atoms with Gasteiger partial charge in [0.1, 0.15) is 17.6 Å². The Morgan fingerprint density at radius 1 is 0.850 bits per heavy atom. The Bertz CT molecular complexity index is 1640. The Morgan fingerprint density at radius 3 is 2.05 bits per heavy atom. The number of anilines is 3. The molecular weight excluding hydrogens is 522 g/mol. The molecule has 5 rings (SSSR count). The van der Waals surface area contributed by atoms with Crippen molar-refractivity contribution in [3.8, 4) is 22.9 Å². The number of aryl methyl sites for hydroxylation is 1. The molecule has 0 atom stereocenters. The van der Waals surface area contributed by atoms with Crippen LogP contribution in [0.1, 0.15) is 16.8 Å². The molecule has 0 unspecified atom stereocenters. The number of nitriles is 1. The van der Waals surface area contributed by atoms with Crippen LogP contribution in [0.15, 0.2) is 83.8 Å². The summed E-state index contributed by atoms with van der Waals surface area (Å²) < 4.78 is 34.6. The van der Waals surface area contributed by atoms with Gasteiger partial charge in [-0.2, -0.15) is 5.26 Å². The number of hydrogen-bond donors (Lipinski definition) is 1. The molecule has 1 aromatic heterocycles. The fraction of sp³-hybridized carbons (Fsp3) is 0.226. The first-order valence-corrected chi connectivity index (χ1v) is 14.5. The van der Waals surface area contributed by atoms with Crippen LogP contribution in [-0.4, -0.2) is 46.7 Å². The highest BCUT2D eigenvalue weighted by molar-refractivity contribution is 7.92. The van der Waals surface area contributed by atoms with Crippen molar-refractivity contribution < 1.29 is 13.2 Å². The number of benzene rings is 3. The number of piperazine rings is 1. The van der Waals surface area contributed by atoms with Gasteiger partial charge < -0.3 is 14.5 Å². The lowest BCUT2D eigenvalue weighted by atomic mass is 10.1. The van der Waals surface area contributed by atoms with Crippen LogP contribution < -0.4 is 19.3 Å². The van der Waals surface area contributed by atoms with Crippen molar-refractivity contribution in [2.75, 3.05) is 47.8 Å². The molecule has 1 aliphatic heterocycles. The van der Waals surface area contributed by atoms with Gasteiger partial charge in [-0.05, 0) is 66.9 Å². The summed E-state index contributed by atoms with van der Waals surface area (Å²) in [4.78, 5) is 9.25. The van der Waals surface area contributed by atoms with E-state index < -0.39 is 10.0 Å². The lowest BCUT2D eigenvalue weighted by molar-refractivity contribution is 0.415. The summed E-state index contributed by atoms with van der Waals surface area (Å²) in [7, 11) is -2.24. The standard InChI is InChI=1S/C31H31N5O3S/c1-22-29(21-32)31(36-19-17-35(18-20-36)26-11-13-27(39-3)14-12-26)33-23(2)30(22)34-40(37,38)28-15-9-25(10-16-28)24-7-5-4-6-8-24/h4-16,34H,17-20H2,1-3H3. The SMILES string of the molecule is COc1ccc(N2CCN(c3nc(C)c(NS(=O)(=O)c4ccc(-c5ccccc5)cc4)c(C)c3C#N)CC2)cc1. The summed E-state index contributed by atoms with van der Waals surface area (Å²) >= 11 is 0. The van der Waals surface area contributed by atoms with Crippen LogP contribution in [0.4, 0.5) is 17.2 Å². The van der Waals surface area contributed by atoms with E-state index >= 15 is 0 Å². The zero-order valence-corrected chi connectivity index (χ0v) is 23.6. The lowest BCUT2D eigenvalue weighted by Gasteiger charge is -2.37. The highest BCUT2D eigenvalue weighted by atomic mass is 32.2. The quantitative estimate of drug-likeness (QED) is 0.328. The van der Waals surface area contributed by atoms with E-state index in [2.05, 4.69) is 20.6 Å². The molecule has 1 saturated heterocycles. The fourth-order valence-corrected chi connectivity index (χ4v) is 6.15. The smallest absolute Gasteiger partial charge is 0.261 e. The number of ether oxygens (including phenoxy) is 1. The van der Waals surface area contributed by atoms with Gasteiger partial charge in [-0.15, -0.1) is 0 Å². The van der Waals surface area contributed by atoms with E-state index in [1.54, 1.807) is 45.2 Å². The second-order valence-corrected chi connectivity index (χ2v) is 11.4. The lowest BCUT2D eigenvalue weighted by Crippen LogP contribution is -2.47. The van der Waals surface area contributed by atoms with Gasteiger partial charge in [-0.25, -0.2) is 13.4 Å². The predicted octanol–water partition coefficient (Wildman–Crippen LogP) is 5.37. The van der Waals surface area contributed by atoms with E-state index in [4.69, 9.17) is 9.72 Å². The topological polar surface area (TPSA) is 98.6 Å². The highest BCUT2D eigenvalue weighted by Crippen LogP contribution is 2.32. The molecule has 4 aromatic rings. The molecule has 1 fully saturated rings. The first kappa shape index (κ1) is 27.0. The summed E-state index contributed by atoms with van der Waals surface area (Å²) in [5, 5.41) is 10.1. The number of pyridine rings is 1. The Kier molecular flexibility index (Phi) is 7.63. The van der Waals surface area contributed by atoms with Gasteiger partial charge in [-0.3, -0.25) is 4.72 Å². The van der Waals surface area contributed by atoms with Gasteiger partial charge in [0.25, 0.3) is 10.0 Å². The normalized spacial score (nSPS) is 13.6. The number of nitrogens with zero attached hydrogens (tertiary/aromatic N) is 4. The summed E-state index contributed by atoms with van der Waals surface area (Å²) in [6.45, 7) is 6.44. The average Bonchev–Trinajstić information content (AvgIpc) is 3.00. The minimum atomic E-state index is -3.89. The molecule has 0 aliphatic carbocycles. The van der Waals surface area contributed by atoms with E-state index in [9.17, 15) is 13.7 Å². The van der Waals surface area contributed by atoms with E-state index in [1.807, 2.05) is 54.6 Å². The van der Waals surface area contributed by atoms with Gasteiger partial charge in [0.15, 0.2) is 0 Å². The van der Waals surface area contributed by atoms with Gasteiger partial charge >= 0.3 is 0 Å². The maximum atomic E-state index is 13.3. The summed E-state index contributed by atoms with van der Waals surface area (Å²) in [6.07, 6.45) is 0. The minimum Gasteiger partial charge on any atom is -0.497 e. The zero-order valence-electron chi connectivity index (χ0n) is 22.8. The van der Waals surface area contributed by atoms with Crippen LogP contribution in [0.3, 0.4) is 0 Å². The van der Waals surface area contributed by atoms with Crippen molar-refractivity contribution in [1.29, 1.82) is 5.26 Å². The van der Waals surface area contributed by atoms with E-state index in [0.717, 1.165) is 35.7 Å². The largest absolute Gasteiger partial charge is 0.497 e. The first-order valence-electron chi connectivity index (χ1n) is 13.0. The van der Waals surface area contributed by atoms with Gasteiger partial charge in [0.2, 0.25) is 0 Å². The monoisotopic (exact) mass is 553 g/mol. The van der Waals surface area contributed by atoms with Gasteiger partial charge in [0, 0.05) is 31.9 Å². The van der Waals surface area contributed by atoms with Crippen molar-refractivity contribution in [2.24, 2.45) is 0 Å². The number of methoxy groups -OCH3 is 1. The Labute approximate surface area is 235 Å². The van der Waals surface area contributed by atoms with Gasteiger partial charge in [-0.1, -0.05) is 42.5 Å². The second-order valence-electron chi connectivity index (χ2n) is 9.68. The van der Waals surface area contributed by atoms with Crippen molar-refractivity contribution in [2.45, 2.75) is 18.7 Å². The Hall–Kier alpha value is -4.55. The van der Waals surface area contributed by atoms with Crippen molar-refractivity contribution >= 4 is 27.2 Å². The Morgan fingerprint density at radius 2 is 1.45 bits per heavy atom. The van der Waals surface area contributed by atoms with E-state index in [-0.39, 0.29) is 4.90 Å². The summed E-state index contributed by atoms with van der Waals surface area (Å²) in [5.74, 6) is 1.40. The average molecular weight is 554 g/mol. The summed E-state index contributed by atoms with van der Waals surface area (Å²) in [6, 6.07) is 26.8. The maximum absolute atomic E-state index is 13.3. The molecule has 9 heteroatoms. The third-order valence-electron chi connectivity index (χ3n) is 7.25. The molecule has 0 amide bonds. The molecule has 0 saturated carbocycles. The Balaban J connectivity index is 1.35. The van der Waals surface area contributed by atoms with Crippen molar-refractivity contribution in [3.63, 3.8) is 0 Å². The van der Waals surface area contributed by atoms with Crippen molar-refractivity contribution in [1.82, 2.24) is 4.98 Å². The van der Waals surface area contributed by atoms with Crippen LogP contribution in [-0.2, 0) is 10.0 Å². The van der Waals surface area contributed by atoms with Crippen LogP contribution >= 0.6 is 0 Å². The minimum absolute atomic E-state index is 0.142. The molecule has 204 valence electrons. The molecule has 40 heavy (non-hydrogen) atoms. The van der Waals surface area contributed by atoms with Crippen molar-refractivity contribution in [3.05, 3.63) is 95.7 Å². The number of aromatic nitrogens is 1. The number of hydrogen-bond acceptors (Lipinski definition) is 7. The predicted molar refractivity (Wildman–Crippen MR) is 159 cm³/mol. The molecule has 1 N–H and O–H groups in total. The number of rotatable bonds is 7. The highest BCUT2D eigenvalue weighted by Gasteiger charge is 2.26.